The van der Waals surface area contributed by atoms with Crippen molar-refractivity contribution in [3.8, 4) is 6.01 Å². The molecule has 4 rings (SSSR count). The molecule has 1 aromatic heterocycles. The number of rotatable bonds is 6. The fourth-order valence-electron chi connectivity index (χ4n) is 4.03. The van der Waals surface area contributed by atoms with E-state index >= 15 is 0 Å². The molecule has 10 nitrogen and oxygen atoms in total. The van der Waals surface area contributed by atoms with Gasteiger partial charge in [-0.2, -0.15) is 9.97 Å². The number of carboxylic acid groups (broad SMARTS) is 1. The third-order valence-electron chi connectivity index (χ3n) is 5.70. The van der Waals surface area contributed by atoms with Gasteiger partial charge < -0.3 is 29.7 Å². The van der Waals surface area contributed by atoms with E-state index in [2.05, 4.69) is 20.1 Å². The van der Waals surface area contributed by atoms with Crippen LogP contribution in [0.1, 0.15) is 17.7 Å². The van der Waals surface area contributed by atoms with Gasteiger partial charge >= 0.3 is 12.1 Å². The topological polar surface area (TPSA) is 103 Å². The van der Waals surface area contributed by atoms with Crippen LogP contribution in [0.2, 0.25) is 0 Å². The number of ether oxygens (including phenoxy) is 2. The summed E-state index contributed by atoms with van der Waals surface area (Å²) < 4.78 is 11.3. The highest BCUT2D eigenvalue weighted by Gasteiger charge is 2.26. The lowest BCUT2D eigenvalue weighted by Gasteiger charge is -2.35. The molecule has 0 atom stereocenters. The second kappa shape index (κ2) is 9.55. The molecule has 4 heterocycles. The van der Waals surface area contributed by atoms with E-state index in [0.717, 1.165) is 69.3 Å². The van der Waals surface area contributed by atoms with Crippen molar-refractivity contribution in [2.45, 2.75) is 19.4 Å². The van der Waals surface area contributed by atoms with Gasteiger partial charge in [-0.15, -0.1) is 0 Å². The van der Waals surface area contributed by atoms with Gasteiger partial charge in [0.15, 0.2) is 0 Å². The van der Waals surface area contributed by atoms with Crippen LogP contribution in [-0.2, 0) is 17.7 Å². The normalized spacial score (nSPS) is 20.4. The SMILES string of the molecule is O=C(O)N1CCN(c2nc(OCCCN3CCOCC3)nc3c2CCNC3)CC1. The third kappa shape index (κ3) is 5.06. The minimum Gasteiger partial charge on any atom is -0.465 e. The van der Waals surface area contributed by atoms with Crippen LogP contribution < -0.4 is 15.0 Å². The first-order chi connectivity index (χ1) is 14.2. The number of fused-ring (bicyclic) bond motifs is 1. The minimum atomic E-state index is -0.858. The van der Waals surface area contributed by atoms with Crippen LogP contribution in [0.4, 0.5) is 10.6 Å². The molecule has 1 amide bonds. The lowest BCUT2D eigenvalue weighted by molar-refractivity contribution is 0.0356. The summed E-state index contributed by atoms with van der Waals surface area (Å²) in [6.45, 7) is 9.00. The van der Waals surface area contributed by atoms with Crippen LogP contribution in [0.3, 0.4) is 0 Å². The average Bonchev–Trinajstić information content (AvgIpc) is 2.77. The first-order valence-corrected chi connectivity index (χ1v) is 10.5. The number of hydrogen-bond donors (Lipinski definition) is 2. The molecule has 0 spiro atoms. The summed E-state index contributed by atoms with van der Waals surface area (Å²) in [7, 11) is 0. The monoisotopic (exact) mass is 406 g/mol. The lowest BCUT2D eigenvalue weighted by atomic mass is 10.1. The van der Waals surface area contributed by atoms with E-state index in [1.807, 2.05) is 0 Å². The molecule has 0 unspecified atom stereocenters. The van der Waals surface area contributed by atoms with E-state index in [9.17, 15) is 9.90 Å². The summed E-state index contributed by atoms with van der Waals surface area (Å²) in [6, 6.07) is 0.421. The number of nitrogens with one attached hydrogen (secondary N) is 1. The number of nitrogens with zero attached hydrogens (tertiary/aromatic N) is 5. The third-order valence-corrected chi connectivity index (χ3v) is 5.70. The average molecular weight is 406 g/mol. The molecule has 1 aromatic rings. The fraction of sp³-hybridized carbons (Fsp3) is 0.737. The Morgan fingerprint density at radius 1 is 1.14 bits per heavy atom. The molecule has 0 aliphatic carbocycles. The van der Waals surface area contributed by atoms with Gasteiger partial charge in [-0.3, -0.25) is 4.90 Å². The molecule has 2 saturated heterocycles. The highest BCUT2D eigenvalue weighted by molar-refractivity contribution is 5.65. The molecule has 0 bridgehead atoms. The molecule has 3 aliphatic rings. The Balaban J connectivity index is 1.39. The maximum atomic E-state index is 11.2. The van der Waals surface area contributed by atoms with Crippen molar-refractivity contribution >= 4 is 11.9 Å². The van der Waals surface area contributed by atoms with E-state index in [-0.39, 0.29) is 0 Å². The molecular weight excluding hydrogens is 376 g/mol. The zero-order chi connectivity index (χ0) is 20.1. The number of anilines is 1. The number of carbonyl (C=O) groups is 1. The number of piperazine rings is 1. The van der Waals surface area contributed by atoms with E-state index in [1.54, 1.807) is 0 Å². The van der Waals surface area contributed by atoms with Gasteiger partial charge in [0.1, 0.15) is 5.82 Å². The van der Waals surface area contributed by atoms with Crippen LogP contribution >= 0.6 is 0 Å². The summed E-state index contributed by atoms with van der Waals surface area (Å²) >= 11 is 0. The number of morpholine rings is 1. The van der Waals surface area contributed by atoms with Gasteiger partial charge in [0.05, 0.1) is 25.5 Å². The Morgan fingerprint density at radius 2 is 1.93 bits per heavy atom. The fourth-order valence-corrected chi connectivity index (χ4v) is 4.03. The van der Waals surface area contributed by atoms with Gasteiger partial charge in [-0.25, -0.2) is 4.79 Å². The molecule has 0 saturated carbocycles. The lowest BCUT2D eigenvalue weighted by Crippen LogP contribution is -2.49. The summed E-state index contributed by atoms with van der Waals surface area (Å²) in [5.74, 6) is 0.907. The molecule has 2 fully saturated rings. The highest BCUT2D eigenvalue weighted by atomic mass is 16.5. The quantitative estimate of drug-likeness (QED) is 0.633. The molecule has 10 heteroatoms. The van der Waals surface area contributed by atoms with Gasteiger partial charge in [0, 0.05) is 57.9 Å². The van der Waals surface area contributed by atoms with Crippen LogP contribution in [-0.4, -0.2) is 103 Å². The van der Waals surface area contributed by atoms with Crippen molar-refractivity contribution in [1.82, 2.24) is 25.1 Å². The van der Waals surface area contributed by atoms with Gasteiger partial charge in [0.2, 0.25) is 0 Å². The minimum absolute atomic E-state index is 0.421. The van der Waals surface area contributed by atoms with Gasteiger partial charge in [-0.1, -0.05) is 0 Å². The Hall–Kier alpha value is -2.17. The van der Waals surface area contributed by atoms with Gasteiger partial charge in [-0.05, 0) is 19.4 Å². The Morgan fingerprint density at radius 3 is 2.69 bits per heavy atom. The number of aromatic nitrogens is 2. The zero-order valence-electron chi connectivity index (χ0n) is 16.8. The van der Waals surface area contributed by atoms with E-state index in [4.69, 9.17) is 14.5 Å². The summed E-state index contributed by atoms with van der Waals surface area (Å²) in [6.07, 6.45) is 0.940. The van der Waals surface area contributed by atoms with E-state index < -0.39 is 6.09 Å². The van der Waals surface area contributed by atoms with Crippen molar-refractivity contribution < 1.29 is 19.4 Å². The molecule has 0 radical (unpaired) electrons. The van der Waals surface area contributed by atoms with Gasteiger partial charge in [0.25, 0.3) is 0 Å². The van der Waals surface area contributed by atoms with Crippen molar-refractivity contribution in [2.75, 3.05) is 77.1 Å². The molecule has 160 valence electrons. The van der Waals surface area contributed by atoms with Crippen LogP contribution in [0.15, 0.2) is 0 Å². The van der Waals surface area contributed by atoms with Crippen LogP contribution in [0.25, 0.3) is 0 Å². The van der Waals surface area contributed by atoms with Crippen molar-refractivity contribution in [2.24, 2.45) is 0 Å². The largest absolute Gasteiger partial charge is 0.465 e. The molecule has 3 aliphatic heterocycles. The maximum absolute atomic E-state index is 11.2. The molecule has 0 aromatic carbocycles. The first-order valence-electron chi connectivity index (χ1n) is 10.5. The predicted molar refractivity (Wildman–Crippen MR) is 107 cm³/mol. The number of hydrogen-bond acceptors (Lipinski definition) is 8. The standard InChI is InChI=1S/C19H30N6O4/c26-19(27)25-7-5-24(6-8-25)17-15-2-3-20-14-16(15)21-18(22-17)29-11-1-4-23-9-12-28-13-10-23/h20H,1-14H2,(H,26,27). The Labute approximate surface area is 170 Å². The summed E-state index contributed by atoms with van der Waals surface area (Å²) in [4.78, 5) is 26.6. The second-order valence-electron chi connectivity index (χ2n) is 7.59. The number of amides is 1. The summed E-state index contributed by atoms with van der Waals surface area (Å²) in [5, 5.41) is 12.6. The van der Waals surface area contributed by atoms with E-state index in [1.165, 1.54) is 4.90 Å². The van der Waals surface area contributed by atoms with Crippen molar-refractivity contribution in [3.63, 3.8) is 0 Å². The summed E-state index contributed by atoms with van der Waals surface area (Å²) in [5.41, 5.74) is 2.15. The predicted octanol–water partition coefficient (Wildman–Crippen LogP) is 0.0234. The zero-order valence-corrected chi connectivity index (χ0v) is 16.8. The maximum Gasteiger partial charge on any atom is 0.407 e. The Bertz CT molecular complexity index is 704. The second-order valence-corrected chi connectivity index (χ2v) is 7.59. The van der Waals surface area contributed by atoms with Crippen molar-refractivity contribution in [3.05, 3.63) is 11.3 Å². The molecular formula is C19H30N6O4. The Kier molecular flexibility index (Phi) is 6.63. The smallest absolute Gasteiger partial charge is 0.407 e. The van der Waals surface area contributed by atoms with Crippen LogP contribution in [0, 0.1) is 0 Å². The van der Waals surface area contributed by atoms with Crippen molar-refractivity contribution in [1.29, 1.82) is 0 Å². The highest BCUT2D eigenvalue weighted by Crippen LogP contribution is 2.27. The first kappa shape index (κ1) is 20.1. The van der Waals surface area contributed by atoms with Crippen LogP contribution in [0.5, 0.6) is 6.01 Å². The van der Waals surface area contributed by atoms with E-state index in [0.29, 0.717) is 45.3 Å². The molecule has 2 N–H and O–H groups in total. The molecule has 29 heavy (non-hydrogen) atoms.